The molecule has 2 N–H and O–H groups in total. The maximum absolute atomic E-state index is 11.6. The lowest BCUT2D eigenvalue weighted by Crippen LogP contribution is -2.28. The van der Waals surface area contributed by atoms with E-state index in [1.54, 1.807) is 24.3 Å². The van der Waals surface area contributed by atoms with Gasteiger partial charge in [-0.15, -0.1) is 0 Å². The van der Waals surface area contributed by atoms with Crippen LogP contribution in [0.1, 0.15) is 12.5 Å². The number of carbonyl (C=O) groups excluding carboxylic acids is 2. The molecule has 36 heavy (non-hydrogen) atoms. The van der Waals surface area contributed by atoms with Crippen molar-refractivity contribution in [3.63, 3.8) is 0 Å². The van der Waals surface area contributed by atoms with E-state index in [4.69, 9.17) is 28.4 Å². The van der Waals surface area contributed by atoms with Crippen LogP contribution in [0.25, 0.3) is 0 Å². The van der Waals surface area contributed by atoms with Crippen molar-refractivity contribution in [2.24, 2.45) is 0 Å². The number of ether oxygens (including phenoxy) is 6. The molecular formula is C26H36N2O8. The first-order valence-corrected chi connectivity index (χ1v) is 11.9. The Morgan fingerprint density at radius 1 is 0.694 bits per heavy atom. The summed E-state index contributed by atoms with van der Waals surface area (Å²) in [6.45, 7) is 6.07. The van der Waals surface area contributed by atoms with Gasteiger partial charge < -0.3 is 39.1 Å². The Kier molecular flexibility index (Phi) is 15.4. The van der Waals surface area contributed by atoms with Gasteiger partial charge in [0.2, 0.25) is 5.91 Å². The van der Waals surface area contributed by atoms with E-state index >= 15 is 0 Å². The Morgan fingerprint density at radius 3 is 1.83 bits per heavy atom. The van der Waals surface area contributed by atoms with E-state index in [0.717, 1.165) is 11.3 Å². The first-order valence-electron chi connectivity index (χ1n) is 11.9. The zero-order chi connectivity index (χ0) is 25.7. The lowest BCUT2D eigenvalue weighted by Gasteiger charge is -2.09. The third kappa shape index (κ3) is 14.9. The van der Waals surface area contributed by atoms with Crippen molar-refractivity contribution in [3.05, 3.63) is 60.2 Å². The minimum atomic E-state index is -0.470. The molecule has 0 atom stereocenters. The van der Waals surface area contributed by atoms with Gasteiger partial charge in [0.25, 0.3) is 0 Å². The van der Waals surface area contributed by atoms with Crippen molar-refractivity contribution in [1.82, 2.24) is 5.32 Å². The van der Waals surface area contributed by atoms with Crippen LogP contribution in [0.2, 0.25) is 0 Å². The van der Waals surface area contributed by atoms with E-state index in [1.165, 1.54) is 6.92 Å². The maximum atomic E-state index is 11.6. The van der Waals surface area contributed by atoms with Crippen LogP contribution in [0.4, 0.5) is 10.5 Å². The normalized spacial score (nSPS) is 10.6. The molecule has 2 aromatic rings. The lowest BCUT2D eigenvalue weighted by molar-refractivity contribution is -0.114. The summed E-state index contributed by atoms with van der Waals surface area (Å²) in [5.74, 6) is 0.600. The van der Waals surface area contributed by atoms with Crippen molar-refractivity contribution in [2.45, 2.75) is 13.5 Å². The van der Waals surface area contributed by atoms with E-state index < -0.39 is 6.09 Å². The summed E-state index contributed by atoms with van der Waals surface area (Å²) in [7, 11) is 0. The summed E-state index contributed by atoms with van der Waals surface area (Å²) in [4.78, 5) is 22.6. The zero-order valence-electron chi connectivity index (χ0n) is 20.7. The number of carbonyl (C=O) groups is 2. The number of hydrogen-bond donors (Lipinski definition) is 2. The van der Waals surface area contributed by atoms with Gasteiger partial charge in [-0.05, 0) is 29.8 Å². The van der Waals surface area contributed by atoms with Gasteiger partial charge >= 0.3 is 6.09 Å². The van der Waals surface area contributed by atoms with Gasteiger partial charge in [0.1, 0.15) is 19.0 Å². The molecule has 2 rings (SSSR count). The molecule has 0 spiro atoms. The highest BCUT2D eigenvalue weighted by atomic mass is 16.6. The van der Waals surface area contributed by atoms with E-state index in [0.29, 0.717) is 71.8 Å². The number of anilines is 1. The molecule has 0 bridgehead atoms. The van der Waals surface area contributed by atoms with Crippen LogP contribution in [0, 0.1) is 0 Å². The predicted octanol–water partition coefficient (Wildman–Crippen LogP) is 3.02. The molecule has 2 aromatic carbocycles. The second kappa shape index (κ2) is 19.1. The van der Waals surface area contributed by atoms with Crippen LogP contribution < -0.4 is 15.4 Å². The highest BCUT2D eigenvalue weighted by molar-refractivity contribution is 5.88. The zero-order valence-corrected chi connectivity index (χ0v) is 20.7. The van der Waals surface area contributed by atoms with Gasteiger partial charge in [-0.1, -0.05) is 30.3 Å². The quantitative estimate of drug-likeness (QED) is 0.281. The molecule has 2 amide bonds. The standard InChI is InChI=1S/C26H36N2O8/c1-22(29)28-24-7-9-25(10-8-24)35-20-19-34-18-17-33-16-15-32-14-13-31-12-11-27-26(30)36-21-23-5-3-2-4-6-23/h2-10H,11-21H2,1H3,(H,27,30)(H,28,29). The van der Waals surface area contributed by atoms with Crippen LogP contribution in [0.3, 0.4) is 0 Å². The van der Waals surface area contributed by atoms with Crippen LogP contribution >= 0.6 is 0 Å². The summed E-state index contributed by atoms with van der Waals surface area (Å²) in [5, 5.41) is 5.33. The van der Waals surface area contributed by atoms with Crippen molar-refractivity contribution in [3.8, 4) is 5.75 Å². The Hall–Kier alpha value is -3.18. The fraction of sp³-hybridized carbons (Fsp3) is 0.462. The van der Waals surface area contributed by atoms with Crippen molar-refractivity contribution in [1.29, 1.82) is 0 Å². The van der Waals surface area contributed by atoms with Crippen LogP contribution in [-0.4, -0.2) is 78.0 Å². The largest absolute Gasteiger partial charge is 0.491 e. The number of nitrogens with one attached hydrogen (secondary N) is 2. The third-order valence-electron chi connectivity index (χ3n) is 4.52. The second-order valence-electron chi connectivity index (χ2n) is 7.49. The highest BCUT2D eigenvalue weighted by Gasteiger charge is 2.02. The predicted molar refractivity (Wildman–Crippen MR) is 134 cm³/mol. The van der Waals surface area contributed by atoms with Gasteiger partial charge in [0.05, 0.1) is 52.9 Å². The molecule has 198 valence electrons. The SMILES string of the molecule is CC(=O)Nc1ccc(OCCOCCOCCOCCOCCNC(=O)OCc2ccccc2)cc1. The minimum absolute atomic E-state index is 0.111. The lowest BCUT2D eigenvalue weighted by atomic mass is 10.2. The molecule has 0 radical (unpaired) electrons. The van der Waals surface area contributed by atoms with Gasteiger partial charge in [0.15, 0.2) is 0 Å². The molecule has 10 nitrogen and oxygen atoms in total. The number of benzene rings is 2. The molecule has 0 fully saturated rings. The molecule has 0 unspecified atom stereocenters. The van der Waals surface area contributed by atoms with Gasteiger partial charge in [-0.25, -0.2) is 4.79 Å². The Balaban J connectivity index is 1.28. The molecule has 0 heterocycles. The van der Waals surface area contributed by atoms with E-state index in [1.807, 2.05) is 30.3 Å². The molecular weight excluding hydrogens is 468 g/mol. The van der Waals surface area contributed by atoms with E-state index in [2.05, 4.69) is 10.6 Å². The first-order chi connectivity index (χ1) is 17.6. The second-order valence-corrected chi connectivity index (χ2v) is 7.49. The fourth-order valence-corrected chi connectivity index (χ4v) is 2.82. The third-order valence-corrected chi connectivity index (χ3v) is 4.52. The number of hydrogen-bond acceptors (Lipinski definition) is 8. The molecule has 0 aliphatic rings. The molecule has 10 heteroatoms. The fourth-order valence-electron chi connectivity index (χ4n) is 2.82. The summed E-state index contributed by atoms with van der Waals surface area (Å²) >= 11 is 0. The number of alkyl carbamates (subject to hydrolysis) is 1. The monoisotopic (exact) mass is 504 g/mol. The summed E-state index contributed by atoms with van der Waals surface area (Å²) < 4.78 is 32.4. The smallest absolute Gasteiger partial charge is 0.407 e. The van der Waals surface area contributed by atoms with Crippen LogP contribution in [0.5, 0.6) is 5.75 Å². The Morgan fingerprint density at radius 2 is 1.25 bits per heavy atom. The molecule has 0 saturated carbocycles. The summed E-state index contributed by atoms with van der Waals surface area (Å²) in [5.41, 5.74) is 1.66. The Labute approximate surface area is 212 Å². The Bertz CT molecular complexity index is 849. The average molecular weight is 505 g/mol. The highest BCUT2D eigenvalue weighted by Crippen LogP contribution is 2.15. The van der Waals surface area contributed by atoms with Crippen LogP contribution in [-0.2, 0) is 35.1 Å². The topological polar surface area (TPSA) is 114 Å². The molecule has 0 aromatic heterocycles. The summed E-state index contributed by atoms with van der Waals surface area (Å²) in [6.07, 6.45) is -0.470. The van der Waals surface area contributed by atoms with E-state index in [9.17, 15) is 9.59 Å². The summed E-state index contributed by atoms with van der Waals surface area (Å²) in [6, 6.07) is 16.6. The van der Waals surface area contributed by atoms with E-state index in [-0.39, 0.29) is 12.5 Å². The number of rotatable bonds is 19. The van der Waals surface area contributed by atoms with Crippen molar-refractivity contribution >= 4 is 17.7 Å². The number of amides is 2. The van der Waals surface area contributed by atoms with Gasteiger partial charge in [-0.2, -0.15) is 0 Å². The first kappa shape index (κ1) is 29.1. The van der Waals surface area contributed by atoms with Crippen LogP contribution in [0.15, 0.2) is 54.6 Å². The minimum Gasteiger partial charge on any atom is -0.491 e. The van der Waals surface area contributed by atoms with Gasteiger partial charge in [-0.3, -0.25) is 4.79 Å². The van der Waals surface area contributed by atoms with Crippen molar-refractivity contribution < 1.29 is 38.0 Å². The average Bonchev–Trinajstić information content (AvgIpc) is 2.88. The molecule has 0 aliphatic heterocycles. The maximum Gasteiger partial charge on any atom is 0.407 e. The van der Waals surface area contributed by atoms with Crippen molar-refractivity contribution in [2.75, 3.05) is 71.3 Å². The molecule has 0 saturated heterocycles. The van der Waals surface area contributed by atoms with Gasteiger partial charge in [0, 0.05) is 19.2 Å². The molecule has 0 aliphatic carbocycles.